The molecule has 10 nitrogen and oxygen atoms in total. The topological polar surface area (TPSA) is 134 Å². The maximum Gasteiger partial charge on any atom is 0.602 e. The molecule has 1 N–H and O–H groups in total. The highest BCUT2D eigenvalue weighted by Crippen LogP contribution is 2.29. The third kappa shape index (κ3) is 8.21. The fourth-order valence-corrected chi connectivity index (χ4v) is 4.09. The van der Waals surface area contributed by atoms with E-state index < -0.39 is 49.0 Å². The van der Waals surface area contributed by atoms with E-state index in [1.54, 1.807) is 0 Å². The zero-order chi connectivity index (χ0) is 26.9. The normalized spacial score (nSPS) is 19.8. The van der Waals surface area contributed by atoms with Gasteiger partial charge in [0.05, 0.1) is 12.2 Å². The number of benzene rings is 1. The summed E-state index contributed by atoms with van der Waals surface area (Å²) in [6.07, 6.45) is 2.83. The van der Waals surface area contributed by atoms with Crippen molar-refractivity contribution < 1.29 is 33.2 Å². The van der Waals surface area contributed by atoms with Crippen LogP contribution in [0.15, 0.2) is 48.9 Å². The fourth-order valence-electron chi connectivity index (χ4n) is 4.09. The van der Waals surface area contributed by atoms with Gasteiger partial charge in [0.15, 0.2) is 18.0 Å². The minimum absolute atomic E-state index is 0.0814. The van der Waals surface area contributed by atoms with Gasteiger partial charge in [-0.1, -0.05) is 44.2 Å². The van der Waals surface area contributed by atoms with Crippen molar-refractivity contribution in [3.05, 3.63) is 60.2 Å². The van der Waals surface area contributed by atoms with Crippen LogP contribution in [0.25, 0.3) is 0 Å². The second-order valence-corrected chi connectivity index (χ2v) is 9.53. The molecule has 0 radical (unpaired) electrons. The van der Waals surface area contributed by atoms with Gasteiger partial charge in [0.1, 0.15) is 5.69 Å². The zero-order valence-electron chi connectivity index (χ0n) is 21.5. The molecule has 0 spiro atoms. The number of carbonyl (C=O) groups excluding carboxylic acids is 4. The Morgan fingerprint density at radius 1 is 1.03 bits per heavy atom. The Bertz CT molecular complexity index is 1060. The van der Waals surface area contributed by atoms with Crippen molar-refractivity contribution in [2.45, 2.75) is 71.0 Å². The van der Waals surface area contributed by atoms with Crippen molar-refractivity contribution in [1.82, 2.24) is 15.3 Å². The molecule has 1 aliphatic heterocycles. The Morgan fingerprint density at radius 3 is 2.24 bits per heavy atom. The highest BCUT2D eigenvalue weighted by molar-refractivity contribution is 6.51. The number of rotatable bonds is 10. The molecule has 1 amide bonds. The number of nitrogens with one attached hydrogen (secondary N) is 1. The predicted octanol–water partition coefficient (Wildman–Crippen LogP) is 2.58. The Hall–Kier alpha value is -3.60. The molecule has 11 heteroatoms. The molecule has 0 aliphatic carbocycles. The van der Waals surface area contributed by atoms with Gasteiger partial charge in [0.25, 0.3) is 5.91 Å². The quantitative estimate of drug-likeness (QED) is 0.480. The molecule has 0 unspecified atom stereocenters. The van der Waals surface area contributed by atoms with Crippen LogP contribution in [0.4, 0.5) is 0 Å². The smallest absolute Gasteiger partial charge is 0.497 e. The van der Waals surface area contributed by atoms with Crippen LogP contribution in [-0.2, 0) is 34.9 Å². The van der Waals surface area contributed by atoms with E-state index in [1.807, 2.05) is 44.2 Å². The first-order valence-electron chi connectivity index (χ1n) is 12.3. The van der Waals surface area contributed by atoms with Crippen LogP contribution in [-0.4, -0.2) is 59.0 Å². The van der Waals surface area contributed by atoms with Crippen molar-refractivity contribution in [3.63, 3.8) is 0 Å². The van der Waals surface area contributed by atoms with Crippen molar-refractivity contribution in [2.75, 3.05) is 0 Å². The van der Waals surface area contributed by atoms with Crippen LogP contribution in [0.3, 0.4) is 0 Å². The number of aromatic nitrogens is 2. The van der Waals surface area contributed by atoms with Gasteiger partial charge >= 0.3 is 19.1 Å². The van der Waals surface area contributed by atoms with Crippen LogP contribution >= 0.6 is 0 Å². The first-order valence-corrected chi connectivity index (χ1v) is 12.3. The summed E-state index contributed by atoms with van der Waals surface area (Å²) >= 11 is 0. The van der Waals surface area contributed by atoms with Gasteiger partial charge in [-0.2, -0.15) is 0 Å². The number of nitrogens with zero attached hydrogens (tertiary/aromatic N) is 2. The average Bonchev–Trinajstić information content (AvgIpc) is 2.87. The Balaban J connectivity index is 1.84. The Labute approximate surface area is 216 Å². The van der Waals surface area contributed by atoms with E-state index in [1.165, 1.54) is 32.4 Å². The van der Waals surface area contributed by atoms with Crippen molar-refractivity contribution in [2.24, 2.45) is 5.92 Å². The van der Waals surface area contributed by atoms with Gasteiger partial charge < -0.3 is 19.4 Å². The summed E-state index contributed by atoms with van der Waals surface area (Å²) in [6, 6.07) is 8.39. The maximum atomic E-state index is 13.6. The van der Waals surface area contributed by atoms with E-state index in [-0.39, 0.29) is 30.2 Å². The van der Waals surface area contributed by atoms with Gasteiger partial charge in [0, 0.05) is 24.6 Å². The molecule has 1 aliphatic rings. The van der Waals surface area contributed by atoms with E-state index in [9.17, 15) is 19.2 Å². The first kappa shape index (κ1) is 28.0. The summed E-state index contributed by atoms with van der Waals surface area (Å²) in [5.74, 6) is -2.70. The van der Waals surface area contributed by atoms with Gasteiger partial charge in [-0.25, -0.2) is 4.98 Å². The summed E-state index contributed by atoms with van der Waals surface area (Å²) in [7, 11) is -1.26. The lowest BCUT2D eigenvalue weighted by Crippen LogP contribution is -2.47. The van der Waals surface area contributed by atoms with E-state index >= 15 is 0 Å². The van der Waals surface area contributed by atoms with Crippen molar-refractivity contribution >= 4 is 30.7 Å². The number of hydrogen-bond donors (Lipinski definition) is 1. The summed E-state index contributed by atoms with van der Waals surface area (Å²) in [4.78, 5) is 59.4. The van der Waals surface area contributed by atoms with Crippen molar-refractivity contribution in [1.29, 1.82) is 0 Å². The van der Waals surface area contributed by atoms with E-state index in [0.29, 0.717) is 6.42 Å². The second-order valence-electron chi connectivity index (χ2n) is 9.53. The minimum Gasteiger partial charge on any atom is -0.497 e. The summed E-state index contributed by atoms with van der Waals surface area (Å²) in [5, 5.41) is 2.77. The van der Waals surface area contributed by atoms with Crippen LogP contribution in [0.1, 0.15) is 56.6 Å². The molecule has 1 aromatic carbocycles. The molecular formula is C26H32BN3O7. The number of ketones is 1. The summed E-state index contributed by atoms with van der Waals surface area (Å²) in [5.41, 5.74) is 0.933. The van der Waals surface area contributed by atoms with Crippen LogP contribution < -0.4 is 5.32 Å². The van der Waals surface area contributed by atoms with Gasteiger partial charge in [-0.05, 0) is 38.2 Å². The highest BCUT2D eigenvalue weighted by Gasteiger charge is 2.44. The molecule has 2 heterocycles. The molecular weight excluding hydrogens is 477 g/mol. The molecule has 196 valence electrons. The molecule has 1 aromatic heterocycles. The zero-order valence-corrected chi connectivity index (χ0v) is 21.5. The molecule has 37 heavy (non-hydrogen) atoms. The predicted molar refractivity (Wildman–Crippen MR) is 134 cm³/mol. The largest absolute Gasteiger partial charge is 0.602 e. The van der Waals surface area contributed by atoms with Gasteiger partial charge in [0.2, 0.25) is 0 Å². The lowest BCUT2D eigenvalue weighted by molar-refractivity contribution is -0.167. The van der Waals surface area contributed by atoms with Crippen LogP contribution in [0, 0.1) is 5.92 Å². The number of carbonyl (C=O) groups is 4. The van der Waals surface area contributed by atoms with Crippen LogP contribution in [0.5, 0.6) is 0 Å². The second kappa shape index (κ2) is 13.1. The molecule has 0 saturated carbocycles. The number of ether oxygens (including phenoxy) is 1. The third-order valence-electron chi connectivity index (χ3n) is 5.93. The minimum atomic E-state index is -1.26. The first-order chi connectivity index (χ1) is 17.6. The lowest BCUT2D eigenvalue weighted by Gasteiger charge is -2.29. The lowest BCUT2D eigenvalue weighted by atomic mass is 9.64. The summed E-state index contributed by atoms with van der Waals surface area (Å²) < 4.78 is 16.3. The molecule has 0 bridgehead atoms. The number of amides is 1. The molecule has 2 aromatic rings. The number of Topliss-reactive ketones (excluding diaryl/α,β-unsaturated/α-hetero) is 1. The standard InChI is InChI=1S/C26H32BN3O7/c1-16(2)12-20(27-36-25(33)17(3)35-18(4)26(34)37-27)14-23(31)21(13-19-8-6-5-7-9-19)30-24(32)22-15-28-10-11-29-22/h5-11,15-18,20-21H,12-14H2,1-4H3,(H,30,32)/t17-,18+,20-,21+/m1/s1. The Morgan fingerprint density at radius 2 is 1.68 bits per heavy atom. The average molecular weight is 509 g/mol. The van der Waals surface area contributed by atoms with E-state index in [2.05, 4.69) is 15.3 Å². The molecule has 4 atom stereocenters. The van der Waals surface area contributed by atoms with Crippen LogP contribution in [0.2, 0.25) is 5.82 Å². The molecule has 1 fully saturated rings. The fraction of sp³-hybridized carbons (Fsp3) is 0.462. The van der Waals surface area contributed by atoms with E-state index in [4.69, 9.17) is 14.0 Å². The van der Waals surface area contributed by atoms with Crippen molar-refractivity contribution in [3.8, 4) is 0 Å². The SMILES string of the molecule is CC(C)C[C@H](CC(=O)[C@H](Cc1ccccc1)NC(=O)c1cnccn1)B1OC(=O)[C@H](C)O[C@H](C)C(=O)O1. The maximum absolute atomic E-state index is 13.6. The van der Waals surface area contributed by atoms with Gasteiger partial charge in [-0.15, -0.1) is 0 Å². The summed E-state index contributed by atoms with van der Waals surface area (Å²) in [6.45, 7) is 6.90. The Kier molecular flexibility index (Phi) is 9.90. The van der Waals surface area contributed by atoms with Gasteiger partial charge in [-0.3, -0.25) is 24.2 Å². The number of hydrogen-bond acceptors (Lipinski definition) is 9. The highest BCUT2D eigenvalue weighted by atomic mass is 16.7. The van der Waals surface area contributed by atoms with E-state index in [0.717, 1.165) is 5.56 Å². The molecule has 3 rings (SSSR count). The monoisotopic (exact) mass is 509 g/mol. The molecule has 1 saturated heterocycles. The third-order valence-corrected chi connectivity index (χ3v) is 5.93.